The molecule has 3 N–H and O–H groups in total. The van der Waals surface area contributed by atoms with Gasteiger partial charge in [0.2, 0.25) is 0 Å². The number of aryl methyl sites for hydroxylation is 1. The molecule has 0 saturated carbocycles. The Morgan fingerprint density at radius 1 is 1.69 bits per heavy atom. The first-order chi connectivity index (χ1) is 6.27. The maximum Gasteiger partial charge on any atom is 0.138 e. The van der Waals surface area contributed by atoms with Crippen LogP contribution in [-0.4, -0.2) is 20.8 Å². The van der Waals surface area contributed by atoms with Crippen molar-refractivity contribution in [3.8, 4) is 0 Å². The zero-order chi connectivity index (χ0) is 9.68. The molecule has 13 heavy (non-hydrogen) atoms. The molecular formula is C8H17N5. The molecule has 0 bridgehead atoms. The van der Waals surface area contributed by atoms with Gasteiger partial charge in [-0.3, -0.25) is 16.0 Å². The number of nitrogens with two attached hydrogens (primary N) is 1. The summed E-state index contributed by atoms with van der Waals surface area (Å²) in [5.74, 6) is 6.39. The predicted molar refractivity (Wildman–Crippen MR) is 50.7 cm³/mol. The van der Waals surface area contributed by atoms with E-state index in [4.69, 9.17) is 5.84 Å². The van der Waals surface area contributed by atoms with E-state index in [2.05, 4.69) is 22.4 Å². The monoisotopic (exact) mass is 183 g/mol. The maximum atomic E-state index is 5.42. The molecule has 5 heteroatoms. The topological polar surface area (TPSA) is 68.8 Å². The van der Waals surface area contributed by atoms with E-state index in [-0.39, 0.29) is 0 Å². The first-order valence-corrected chi connectivity index (χ1v) is 4.57. The largest absolute Gasteiger partial charge is 0.271 e. The van der Waals surface area contributed by atoms with Gasteiger partial charge in [-0.2, -0.15) is 5.10 Å². The minimum atomic E-state index is 0.299. The molecule has 0 aliphatic rings. The van der Waals surface area contributed by atoms with Gasteiger partial charge in [-0.1, -0.05) is 13.3 Å². The number of nitrogens with one attached hydrogen (secondary N) is 1. The van der Waals surface area contributed by atoms with Gasteiger partial charge in [-0.15, -0.1) is 0 Å². The fourth-order valence-corrected chi connectivity index (χ4v) is 1.32. The van der Waals surface area contributed by atoms with Crippen LogP contribution in [0.15, 0.2) is 6.33 Å². The molecule has 1 rings (SSSR count). The molecule has 0 spiro atoms. The molecule has 1 heterocycles. The maximum absolute atomic E-state index is 5.42. The van der Waals surface area contributed by atoms with Crippen LogP contribution in [0.5, 0.6) is 0 Å². The van der Waals surface area contributed by atoms with Crippen molar-refractivity contribution in [3.05, 3.63) is 12.2 Å². The van der Waals surface area contributed by atoms with E-state index < -0.39 is 0 Å². The average molecular weight is 183 g/mol. The highest BCUT2D eigenvalue weighted by Gasteiger charge is 2.09. The van der Waals surface area contributed by atoms with Crippen LogP contribution in [0.3, 0.4) is 0 Å². The van der Waals surface area contributed by atoms with Gasteiger partial charge in [0, 0.05) is 19.5 Å². The first-order valence-electron chi connectivity index (χ1n) is 4.57. The van der Waals surface area contributed by atoms with Crippen molar-refractivity contribution >= 4 is 0 Å². The van der Waals surface area contributed by atoms with Gasteiger partial charge in [0.25, 0.3) is 0 Å². The van der Waals surface area contributed by atoms with Crippen LogP contribution in [0.25, 0.3) is 0 Å². The Labute approximate surface area is 78.3 Å². The highest BCUT2D eigenvalue weighted by atomic mass is 15.3. The van der Waals surface area contributed by atoms with Gasteiger partial charge in [0.15, 0.2) is 0 Å². The second-order valence-corrected chi connectivity index (χ2v) is 3.16. The second-order valence-electron chi connectivity index (χ2n) is 3.16. The summed E-state index contributed by atoms with van der Waals surface area (Å²) in [5, 5.41) is 4.00. The lowest BCUT2D eigenvalue weighted by atomic mass is 10.1. The van der Waals surface area contributed by atoms with E-state index in [1.54, 1.807) is 11.0 Å². The summed E-state index contributed by atoms with van der Waals surface area (Å²) in [7, 11) is 1.89. The number of hydrazine groups is 1. The molecule has 0 amide bonds. The Kier molecular flexibility index (Phi) is 3.85. The van der Waals surface area contributed by atoms with Gasteiger partial charge >= 0.3 is 0 Å². The Morgan fingerprint density at radius 3 is 2.92 bits per heavy atom. The molecule has 74 valence electrons. The average Bonchev–Trinajstić information content (AvgIpc) is 2.51. The van der Waals surface area contributed by atoms with Crippen LogP contribution < -0.4 is 11.3 Å². The van der Waals surface area contributed by atoms with E-state index >= 15 is 0 Å². The molecule has 1 aromatic heterocycles. The van der Waals surface area contributed by atoms with Crippen molar-refractivity contribution < 1.29 is 0 Å². The fourth-order valence-electron chi connectivity index (χ4n) is 1.32. The van der Waals surface area contributed by atoms with Gasteiger partial charge in [0.05, 0.1) is 0 Å². The minimum absolute atomic E-state index is 0.299. The lowest BCUT2D eigenvalue weighted by Gasteiger charge is -2.13. The third kappa shape index (κ3) is 2.78. The van der Waals surface area contributed by atoms with E-state index in [1.165, 1.54) is 0 Å². The molecule has 0 aliphatic carbocycles. The molecule has 0 fully saturated rings. The molecule has 1 aromatic rings. The molecule has 1 unspecified atom stereocenters. The van der Waals surface area contributed by atoms with Gasteiger partial charge < -0.3 is 0 Å². The van der Waals surface area contributed by atoms with E-state index in [9.17, 15) is 0 Å². The molecule has 1 atom stereocenters. The van der Waals surface area contributed by atoms with Crippen molar-refractivity contribution in [2.75, 3.05) is 0 Å². The van der Waals surface area contributed by atoms with Crippen molar-refractivity contribution in [2.45, 2.75) is 32.2 Å². The number of aromatic nitrogens is 3. The summed E-state index contributed by atoms with van der Waals surface area (Å²) < 4.78 is 1.78. The van der Waals surface area contributed by atoms with E-state index in [0.29, 0.717) is 6.04 Å². The molecule has 5 nitrogen and oxygen atoms in total. The van der Waals surface area contributed by atoms with Gasteiger partial charge in [0.1, 0.15) is 12.2 Å². The Hall–Kier alpha value is -0.940. The molecule has 0 saturated heterocycles. The Morgan fingerprint density at radius 2 is 2.46 bits per heavy atom. The van der Waals surface area contributed by atoms with E-state index in [1.807, 2.05) is 7.05 Å². The zero-order valence-corrected chi connectivity index (χ0v) is 8.20. The summed E-state index contributed by atoms with van der Waals surface area (Å²) in [6.45, 7) is 2.14. The number of rotatable bonds is 5. The van der Waals surface area contributed by atoms with Crippen LogP contribution >= 0.6 is 0 Å². The van der Waals surface area contributed by atoms with Crippen molar-refractivity contribution in [1.29, 1.82) is 0 Å². The third-order valence-electron chi connectivity index (χ3n) is 2.11. The molecular weight excluding hydrogens is 166 g/mol. The number of hydrogen-bond donors (Lipinski definition) is 2. The Balaban J connectivity index is 2.51. The zero-order valence-electron chi connectivity index (χ0n) is 8.20. The third-order valence-corrected chi connectivity index (χ3v) is 2.11. The second kappa shape index (κ2) is 4.94. The normalized spacial score (nSPS) is 13.2. The van der Waals surface area contributed by atoms with Crippen LogP contribution in [0, 0.1) is 0 Å². The van der Waals surface area contributed by atoms with Crippen LogP contribution in [0.4, 0.5) is 0 Å². The van der Waals surface area contributed by atoms with Crippen molar-refractivity contribution in [2.24, 2.45) is 12.9 Å². The van der Waals surface area contributed by atoms with Gasteiger partial charge in [-0.05, 0) is 6.42 Å². The van der Waals surface area contributed by atoms with Crippen LogP contribution in [-0.2, 0) is 13.5 Å². The summed E-state index contributed by atoms with van der Waals surface area (Å²) in [6, 6.07) is 0.299. The highest BCUT2D eigenvalue weighted by Crippen LogP contribution is 2.02. The Bertz CT molecular complexity index is 244. The highest BCUT2D eigenvalue weighted by molar-refractivity contribution is 4.88. The lowest BCUT2D eigenvalue weighted by Crippen LogP contribution is -2.37. The summed E-state index contributed by atoms with van der Waals surface area (Å²) in [5.41, 5.74) is 2.79. The fraction of sp³-hybridized carbons (Fsp3) is 0.750. The standard InChI is InChI=1S/C8H17N5/c1-3-4-7(12-9)5-8-10-6-11-13(8)2/h6-7,12H,3-5,9H2,1-2H3. The van der Waals surface area contributed by atoms with E-state index in [0.717, 1.165) is 25.1 Å². The number of hydrogen-bond acceptors (Lipinski definition) is 4. The quantitative estimate of drug-likeness (QED) is 0.497. The summed E-state index contributed by atoms with van der Waals surface area (Å²) in [4.78, 5) is 4.14. The van der Waals surface area contributed by atoms with Crippen LogP contribution in [0.1, 0.15) is 25.6 Å². The molecule has 0 radical (unpaired) electrons. The van der Waals surface area contributed by atoms with Crippen molar-refractivity contribution in [3.63, 3.8) is 0 Å². The summed E-state index contributed by atoms with van der Waals surface area (Å²) in [6.07, 6.45) is 4.58. The first kappa shape index (κ1) is 10.1. The SMILES string of the molecule is CCCC(Cc1ncnn1C)NN. The smallest absolute Gasteiger partial charge is 0.138 e. The predicted octanol–water partition coefficient (Wildman–Crippen LogP) is -0.0104. The van der Waals surface area contributed by atoms with Crippen LogP contribution in [0.2, 0.25) is 0 Å². The number of nitrogens with zero attached hydrogens (tertiary/aromatic N) is 3. The summed E-state index contributed by atoms with van der Waals surface area (Å²) >= 11 is 0. The lowest BCUT2D eigenvalue weighted by molar-refractivity contribution is 0.468. The molecule has 0 aliphatic heterocycles. The van der Waals surface area contributed by atoms with Crippen molar-refractivity contribution in [1.82, 2.24) is 20.2 Å². The van der Waals surface area contributed by atoms with Gasteiger partial charge in [-0.25, -0.2) is 4.98 Å². The molecule has 0 aromatic carbocycles. The minimum Gasteiger partial charge on any atom is -0.271 e.